The number of rotatable bonds is 8. The van der Waals surface area contributed by atoms with Gasteiger partial charge in [-0.3, -0.25) is 18.9 Å². The number of thiol groups is 1. The maximum absolute atomic E-state index is 15.6. The molecule has 9 atom stereocenters. The molecule has 2 fully saturated rings. The number of nitrogens with two attached hydrogens (primary N) is 2. The minimum atomic E-state index is -4.12. The molecule has 0 amide bonds. The third-order valence-corrected chi connectivity index (χ3v) is 12.0. The third kappa shape index (κ3) is 4.83. The fourth-order valence-electron chi connectivity index (χ4n) is 5.16. The first-order valence-electron chi connectivity index (χ1n) is 12.5. The summed E-state index contributed by atoms with van der Waals surface area (Å²) >= 11 is 5.17. The van der Waals surface area contributed by atoms with Crippen molar-refractivity contribution in [2.45, 2.75) is 53.5 Å². The van der Waals surface area contributed by atoms with Crippen LogP contribution in [0.2, 0.25) is 0 Å². The Balaban J connectivity index is 1.19. The molecule has 2 aliphatic rings. The molecule has 0 aliphatic carbocycles. The Morgan fingerprint density at radius 3 is 2.64 bits per heavy atom. The normalized spacial score (nSPS) is 31.3. The quantitative estimate of drug-likeness (QED) is 0.113. The lowest BCUT2D eigenvalue weighted by Crippen LogP contribution is -2.31. The predicted molar refractivity (Wildman–Crippen MR) is 150 cm³/mol. The number of imidazole rings is 2. The zero-order valence-corrected chi connectivity index (χ0v) is 23.9. The molecule has 226 valence electrons. The Hall–Kier alpha value is -2.87. The van der Waals surface area contributed by atoms with E-state index in [0.717, 1.165) is 11.8 Å². The van der Waals surface area contributed by atoms with Crippen LogP contribution in [0.25, 0.3) is 22.3 Å². The van der Waals surface area contributed by atoms with E-state index in [0.29, 0.717) is 0 Å². The summed E-state index contributed by atoms with van der Waals surface area (Å²) in [7, 11) is 0. The number of H-pyrrole nitrogens is 1. The zero-order chi connectivity index (χ0) is 29.9. The van der Waals surface area contributed by atoms with E-state index >= 15 is 8.78 Å². The lowest BCUT2D eigenvalue weighted by Gasteiger charge is -2.27. The maximum atomic E-state index is 15.6. The van der Waals surface area contributed by atoms with Gasteiger partial charge in [0, 0.05) is 6.42 Å². The van der Waals surface area contributed by atoms with Crippen molar-refractivity contribution in [2.24, 2.45) is 0 Å². The summed E-state index contributed by atoms with van der Waals surface area (Å²) in [5.74, 6) is -0.108. The summed E-state index contributed by atoms with van der Waals surface area (Å²) in [4.78, 5) is 34.7. The summed E-state index contributed by atoms with van der Waals surface area (Å²) in [6, 6.07) is 0. The minimum Gasteiger partial charge on any atom is -0.395 e. The molecular weight excluding hydrogens is 621 g/mol. The number of nitrogens with one attached hydrogen (secondary N) is 1. The van der Waals surface area contributed by atoms with E-state index in [4.69, 9.17) is 20.7 Å². The Kier molecular flexibility index (Phi) is 7.65. The molecule has 21 heteroatoms. The van der Waals surface area contributed by atoms with Crippen LogP contribution in [0.15, 0.2) is 23.8 Å². The highest BCUT2D eigenvalue weighted by Gasteiger charge is 2.54. The van der Waals surface area contributed by atoms with Crippen LogP contribution in [-0.4, -0.2) is 97.9 Å². The number of nitrogen functional groups attached to an aromatic ring is 2. The summed E-state index contributed by atoms with van der Waals surface area (Å²) in [5.41, 5.74) is 9.86. The van der Waals surface area contributed by atoms with Gasteiger partial charge in [0.25, 0.3) is 12.1 Å². The van der Waals surface area contributed by atoms with Gasteiger partial charge in [0.15, 0.2) is 35.0 Å². The molecule has 1 unspecified atom stereocenters. The van der Waals surface area contributed by atoms with Crippen LogP contribution in [0.5, 0.6) is 0 Å². The number of aliphatic hydroxyl groups excluding tert-OH is 2. The summed E-state index contributed by atoms with van der Waals surface area (Å²) in [6.07, 6.45) is -4.10. The van der Waals surface area contributed by atoms with Gasteiger partial charge in [0.1, 0.15) is 29.8 Å². The molecule has 4 aromatic rings. The van der Waals surface area contributed by atoms with Gasteiger partial charge >= 0.3 is 0 Å². The molecule has 0 spiro atoms. The van der Waals surface area contributed by atoms with Crippen LogP contribution < -0.4 is 17.0 Å². The van der Waals surface area contributed by atoms with Gasteiger partial charge in [-0.05, 0) is 0 Å². The number of ether oxygens (including phenoxy) is 1. The number of alkyl halides is 2. The van der Waals surface area contributed by atoms with E-state index in [2.05, 4.69) is 42.2 Å². The van der Waals surface area contributed by atoms with Crippen molar-refractivity contribution in [3.05, 3.63) is 29.3 Å². The Morgan fingerprint density at radius 1 is 1.14 bits per heavy atom. The molecule has 0 bridgehead atoms. The molecule has 6 heterocycles. The molecule has 2 saturated heterocycles. The number of aromatic nitrogens is 8. The highest BCUT2D eigenvalue weighted by molar-refractivity contribution is 8.46. The van der Waals surface area contributed by atoms with Gasteiger partial charge in [-0.2, -0.15) is 4.98 Å². The van der Waals surface area contributed by atoms with Gasteiger partial charge in [0.05, 0.1) is 42.6 Å². The van der Waals surface area contributed by atoms with Gasteiger partial charge in [-0.25, -0.2) is 28.7 Å². The van der Waals surface area contributed by atoms with Crippen LogP contribution >= 0.6 is 30.6 Å². The van der Waals surface area contributed by atoms with Gasteiger partial charge in [-0.1, -0.05) is 12.2 Å². The van der Waals surface area contributed by atoms with Crippen LogP contribution in [0.1, 0.15) is 18.0 Å². The summed E-state index contributed by atoms with van der Waals surface area (Å²) in [5, 5.41) is 18.3. The number of halogens is 2. The highest BCUT2D eigenvalue weighted by atomic mass is 32.7. The first kappa shape index (κ1) is 29.2. The Bertz CT molecular complexity index is 1740. The topological polar surface area (TPSA) is 235 Å². The fourth-order valence-corrected chi connectivity index (χ4v) is 10.2. The third-order valence-electron chi connectivity index (χ3n) is 7.20. The van der Waals surface area contributed by atoms with E-state index in [1.807, 2.05) is 0 Å². The van der Waals surface area contributed by atoms with Crippen molar-refractivity contribution < 1.29 is 32.8 Å². The molecular formula is C21H25F2N10O6PS2. The predicted octanol–water partition coefficient (Wildman–Crippen LogP) is 0.563. The second-order valence-electron chi connectivity index (χ2n) is 9.73. The fraction of sp³-hybridized carbons (Fsp3) is 0.524. The lowest BCUT2D eigenvalue weighted by atomic mass is 10.1. The molecule has 0 radical (unpaired) electrons. The molecule has 0 aromatic carbocycles. The number of thioether (sulfide) groups is 1. The number of aliphatic hydroxyl groups is 2. The molecule has 42 heavy (non-hydrogen) atoms. The van der Waals surface area contributed by atoms with E-state index < -0.39 is 65.8 Å². The number of fused-ring (bicyclic) bond motifs is 2. The number of anilines is 2. The van der Waals surface area contributed by atoms with Crippen molar-refractivity contribution in [1.29, 1.82) is 0 Å². The average molecular weight is 647 g/mol. The van der Waals surface area contributed by atoms with E-state index in [9.17, 15) is 19.6 Å². The van der Waals surface area contributed by atoms with Crippen molar-refractivity contribution in [1.82, 2.24) is 39.0 Å². The van der Waals surface area contributed by atoms with Crippen molar-refractivity contribution in [3.8, 4) is 0 Å². The Labute approximate surface area is 243 Å². The molecule has 16 nitrogen and oxygen atoms in total. The van der Waals surface area contributed by atoms with Crippen LogP contribution in [0.3, 0.4) is 0 Å². The van der Waals surface area contributed by atoms with Crippen molar-refractivity contribution in [3.63, 3.8) is 0 Å². The van der Waals surface area contributed by atoms with E-state index in [-0.39, 0.29) is 47.1 Å². The van der Waals surface area contributed by atoms with E-state index in [1.165, 1.54) is 28.1 Å². The Morgan fingerprint density at radius 2 is 1.88 bits per heavy atom. The molecule has 7 N–H and O–H groups in total. The first-order chi connectivity index (χ1) is 20.0. The second-order valence-corrected chi connectivity index (χ2v) is 14.7. The van der Waals surface area contributed by atoms with Gasteiger partial charge in [-0.15, -0.1) is 11.8 Å². The van der Waals surface area contributed by atoms with Crippen LogP contribution in [0, 0.1) is 0 Å². The summed E-state index contributed by atoms with van der Waals surface area (Å²) in [6.45, 7) is -5.04. The van der Waals surface area contributed by atoms with Gasteiger partial charge in [0.2, 0.25) is 5.95 Å². The number of nitrogens with zero attached hydrogens (tertiary/aromatic N) is 7. The standard InChI is InChI=1S/C21H25F2N10O6PS2/c22-9-8(3-34)42-20(33-6-29-12-17(33)30-21(25)31-18(12)36)14(9)40(37,41)38-2-1-7-13(35)10(23)19(39-7)32-5-28-11-15(24)26-4-27-16(11)32/h4-10,13-14,19-20,34-35H,1-3H2,(H,37,41)(H2,24,26,27)(H3,25,30,31,36)/t7-,8-,9+,10+,13-,14-,19-,20-,40?/m1/s1. The number of aromatic amines is 1. The van der Waals surface area contributed by atoms with E-state index in [1.54, 1.807) is 0 Å². The SMILES string of the molecule is Nc1nc2c(ncn2[C@@H]2S[C@H](CO)[C@H](F)[C@H]2P(=O)(S)OCC[C@H]2O[C@@H](n3cnc4c(N)ncnc43)[C@@H](F)[C@@H]2O)c(=O)[nH]1. The smallest absolute Gasteiger partial charge is 0.280 e. The average Bonchev–Trinajstić information content (AvgIpc) is 3.70. The van der Waals surface area contributed by atoms with Gasteiger partial charge < -0.3 is 35.5 Å². The van der Waals surface area contributed by atoms with Crippen LogP contribution in [-0.2, 0) is 13.8 Å². The maximum Gasteiger partial charge on any atom is 0.280 e. The minimum absolute atomic E-state index is 0.0273. The van der Waals surface area contributed by atoms with Crippen LogP contribution in [0.4, 0.5) is 20.5 Å². The highest BCUT2D eigenvalue weighted by Crippen LogP contribution is 2.67. The second kappa shape index (κ2) is 11.0. The first-order valence-corrected chi connectivity index (χ1v) is 16.3. The summed E-state index contributed by atoms with van der Waals surface area (Å²) < 4.78 is 58.4. The molecule has 0 saturated carbocycles. The van der Waals surface area contributed by atoms with Crippen molar-refractivity contribution >= 4 is 64.7 Å². The largest absolute Gasteiger partial charge is 0.395 e. The number of hydrogen-bond donors (Lipinski definition) is 6. The number of hydrogen-bond acceptors (Lipinski definition) is 14. The molecule has 2 aliphatic heterocycles. The zero-order valence-electron chi connectivity index (χ0n) is 21.3. The lowest BCUT2D eigenvalue weighted by molar-refractivity contribution is -0.0303. The monoisotopic (exact) mass is 646 g/mol. The molecule has 4 aromatic heterocycles. The molecule has 6 rings (SSSR count). The van der Waals surface area contributed by atoms with Crippen molar-refractivity contribution in [2.75, 3.05) is 24.7 Å².